The molecule has 0 radical (unpaired) electrons. The Balaban J connectivity index is 2.08. The second-order valence-electron chi connectivity index (χ2n) is 5.19. The summed E-state index contributed by atoms with van der Waals surface area (Å²) in [6, 6.07) is 10.5. The zero-order chi connectivity index (χ0) is 13.7. The van der Waals surface area contributed by atoms with Gasteiger partial charge in [-0.25, -0.2) is 0 Å². The highest BCUT2D eigenvalue weighted by Gasteiger charge is 2.25. The van der Waals surface area contributed by atoms with Gasteiger partial charge in [0.2, 0.25) is 5.91 Å². The third-order valence-electron chi connectivity index (χ3n) is 3.78. The van der Waals surface area contributed by atoms with Crippen LogP contribution in [-0.4, -0.2) is 41.9 Å². The molecule has 1 aliphatic heterocycles. The molecule has 1 saturated heterocycles. The maximum absolute atomic E-state index is 12.1. The number of benzene rings is 1. The molecule has 1 aromatic rings. The molecule has 1 aliphatic rings. The molecular formula is C16H22N2O. The van der Waals surface area contributed by atoms with Gasteiger partial charge in [0, 0.05) is 12.6 Å². The van der Waals surface area contributed by atoms with Crippen LogP contribution in [0.25, 0.3) is 0 Å². The summed E-state index contributed by atoms with van der Waals surface area (Å²) in [5.41, 5.74) is 1.18. The fourth-order valence-corrected chi connectivity index (χ4v) is 2.59. The van der Waals surface area contributed by atoms with E-state index in [-0.39, 0.29) is 5.91 Å². The first-order valence-electron chi connectivity index (χ1n) is 6.86. The number of nitrogens with zero attached hydrogens (tertiary/aromatic N) is 2. The average Bonchev–Trinajstić information content (AvgIpc) is 2.46. The molecule has 102 valence electrons. The number of piperidine rings is 1. The standard InChI is InChI=1S/C16H22N2O/c1-3-16(19)18(13-14-7-5-4-6-8-14)15-9-11-17(2)12-10-15/h3-8,15H,1,9-13H2,2H3. The number of rotatable bonds is 4. The zero-order valence-corrected chi connectivity index (χ0v) is 11.6. The van der Waals surface area contributed by atoms with Gasteiger partial charge in [-0.3, -0.25) is 4.79 Å². The highest BCUT2D eigenvalue weighted by atomic mass is 16.2. The molecule has 0 atom stereocenters. The van der Waals surface area contributed by atoms with Gasteiger partial charge in [-0.1, -0.05) is 36.9 Å². The van der Waals surface area contributed by atoms with Gasteiger partial charge in [-0.2, -0.15) is 0 Å². The summed E-state index contributed by atoms with van der Waals surface area (Å²) < 4.78 is 0. The Morgan fingerprint density at radius 3 is 2.58 bits per heavy atom. The van der Waals surface area contributed by atoms with Crippen LogP contribution in [0.2, 0.25) is 0 Å². The van der Waals surface area contributed by atoms with Crippen LogP contribution in [0.15, 0.2) is 43.0 Å². The first-order chi connectivity index (χ1) is 9.20. The lowest BCUT2D eigenvalue weighted by atomic mass is 10.0. The van der Waals surface area contributed by atoms with E-state index in [1.165, 1.54) is 11.6 Å². The highest BCUT2D eigenvalue weighted by molar-refractivity contribution is 5.87. The molecule has 0 unspecified atom stereocenters. The van der Waals surface area contributed by atoms with Crippen LogP contribution in [0, 0.1) is 0 Å². The maximum atomic E-state index is 12.1. The van der Waals surface area contributed by atoms with Gasteiger partial charge < -0.3 is 9.80 Å². The second kappa shape index (κ2) is 6.53. The van der Waals surface area contributed by atoms with Crippen molar-refractivity contribution in [3.05, 3.63) is 48.6 Å². The Kier molecular flexibility index (Phi) is 4.74. The first kappa shape index (κ1) is 13.8. The summed E-state index contributed by atoms with van der Waals surface area (Å²) in [7, 11) is 2.13. The fraction of sp³-hybridized carbons (Fsp3) is 0.438. The molecule has 0 spiro atoms. The molecule has 1 fully saturated rings. The normalized spacial score (nSPS) is 17.1. The highest BCUT2D eigenvalue weighted by Crippen LogP contribution is 2.18. The lowest BCUT2D eigenvalue weighted by molar-refractivity contribution is -0.129. The summed E-state index contributed by atoms with van der Waals surface area (Å²) in [5, 5.41) is 0. The Hall–Kier alpha value is -1.61. The molecule has 19 heavy (non-hydrogen) atoms. The minimum Gasteiger partial charge on any atom is -0.332 e. The number of likely N-dealkylation sites (tertiary alicyclic amines) is 1. The van der Waals surface area contributed by atoms with E-state index < -0.39 is 0 Å². The van der Waals surface area contributed by atoms with E-state index in [2.05, 4.69) is 30.7 Å². The van der Waals surface area contributed by atoms with Crippen molar-refractivity contribution >= 4 is 5.91 Å². The number of hydrogen-bond donors (Lipinski definition) is 0. The Morgan fingerprint density at radius 1 is 1.37 bits per heavy atom. The van der Waals surface area contributed by atoms with Gasteiger partial charge in [0.15, 0.2) is 0 Å². The molecule has 0 saturated carbocycles. The predicted molar refractivity (Wildman–Crippen MR) is 77.7 cm³/mol. The van der Waals surface area contributed by atoms with Gasteiger partial charge in [0.25, 0.3) is 0 Å². The first-order valence-corrected chi connectivity index (χ1v) is 6.86. The second-order valence-corrected chi connectivity index (χ2v) is 5.19. The Labute approximate surface area is 115 Å². The van der Waals surface area contributed by atoms with Crippen molar-refractivity contribution in [2.24, 2.45) is 0 Å². The summed E-state index contributed by atoms with van der Waals surface area (Å²) in [6.07, 6.45) is 3.52. The van der Waals surface area contributed by atoms with Crippen molar-refractivity contribution in [2.75, 3.05) is 20.1 Å². The predicted octanol–water partition coefficient (Wildman–Crippen LogP) is 2.30. The van der Waals surface area contributed by atoms with Gasteiger partial charge in [0.05, 0.1) is 0 Å². The lowest BCUT2D eigenvalue weighted by Gasteiger charge is -2.37. The monoisotopic (exact) mass is 258 g/mol. The van der Waals surface area contributed by atoms with E-state index >= 15 is 0 Å². The summed E-state index contributed by atoms with van der Waals surface area (Å²) in [6.45, 7) is 6.42. The number of amides is 1. The zero-order valence-electron chi connectivity index (χ0n) is 11.6. The largest absolute Gasteiger partial charge is 0.332 e. The Morgan fingerprint density at radius 2 is 2.00 bits per heavy atom. The van der Waals surface area contributed by atoms with Crippen molar-refractivity contribution in [3.63, 3.8) is 0 Å². The van der Waals surface area contributed by atoms with Crippen molar-refractivity contribution in [3.8, 4) is 0 Å². The van der Waals surface area contributed by atoms with Gasteiger partial charge in [-0.05, 0) is 44.6 Å². The molecule has 0 aromatic heterocycles. The Bertz CT molecular complexity index is 422. The average molecular weight is 258 g/mol. The van der Waals surface area contributed by atoms with Crippen molar-refractivity contribution in [1.29, 1.82) is 0 Å². The molecule has 3 heteroatoms. The lowest BCUT2D eigenvalue weighted by Crippen LogP contribution is -2.45. The van der Waals surface area contributed by atoms with E-state index in [0.29, 0.717) is 12.6 Å². The van der Waals surface area contributed by atoms with Crippen LogP contribution < -0.4 is 0 Å². The molecule has 0 bridgehead atoms. The van der Waals surface area contributed by atoms with E-state index in [0.717, 1.165) is 25.9 Å². The van der Waals surface area contributed by atoms with Crippen LogP contribution in [0.3, 0.4) is 0 Å². The van der Waals surface area contributed by atoms with E-state index in [9.17, 15) is 4.79 Å². The van der Waals surface area contributed by atoms with Crippen molar-refractivity contribution in [2.45, 2.75) is 25.4 Å². The molecule has 0 N–H and O–H groups in total. The summed E-state index contributed by atoms with van der Waals surface area (Å²) in [5.74, 6) is 0.0402. The molecular weight excluding hydrogens is 236 g/mol. The molecule has 1 heterocycles. The van der Waals surface area contributed by atoms with Crippen LogP contribution in [0.1, 0.15) is 18.4 Å². The summed E-state index contributed by atoms with van der Waals surface area (Å²) in [4.78, 5) is 16.4. The van der Waals surface area contributed by atoms with Crippen LogP contribution in [-0.2, 0) is 11.3 Å². The maximum Gasteiger partial charge on any atom is 0.246 e. The minimum atomic E-state index is 0.0402. The summed E-state index contributed by atoms with van der Waals surface area (Å²) >= 11 is 0. The third kappa shape index (κ3) is 3.67. The fourth-order valence-electron chi connectivity index (χ4n) is 2.59. The third-order valence-corrected chi connectivity index (χ3v) is 3.78. The van der Waals surface area contributed by atoms with E-state index in [1.54, 1.807) is 0 Å². The topological polar surface area (TPSA) is 23.6 Å². The molecule has 2 rings (SSSR count). The molecule has 3 nitrogen and oxygen atoms in total. The van der Waals surface area contributed by atoms with Crippen LogP contribution >= 0.6 is 0 Å². The molecule has 0 aliphatic carbocycles. The van der Waals surface area contributed by atoms with Gasteiger partial charge >= 0.3 is 0 Å². The quantitative estimate of drug-likeness (QED) is 0.774. The van der Waals surface area contributed by atoms with Crippen LogP contribution in [0.4, 0.5) is 0 Å². The number of carbonyl (C=O) groups is 1. The van der Waals surface area contributed by atoms with E-state index in [4.69, 9.17) is 0 Å². The van der Waals surface area contributed by atoms with E-state index in [1.807, 2.05) is 23.1 Å². The molecule has 1 amide bonds. The SMILES string of the molecule is C=CC(=O)N(Cc1ccccc1)C1CCN(C)CC1. The number of carbonyl (C=O) groups excluding carboxylic acids is 1. The smallest absolute Gasteiger partial charge is 0.246 e. The van der Waals surface area contributed by atoms with Gasteiger partial charge in [0.1, 0.15) is 0 Å². The minimum absolute atomic E-state index is 0.0402. The number of hydrogen-bond acceptors (Lipinski definition) is 2. The van der Waals surface area contributed by atoms with Crippen molar-refractivity contribution in [1.82, 2.24) is 9.80 Å². The van der Waals surface area contributed by atoms with Gasteiger partial charge in [-0.15, -0.1) is 0 Å². The van der Waals surface area contributed by atoms with Crippen molar-refractivity contribution < 1.29 is 4.79 Å². The van der Waals surface area contributed by atoms with Crippen LogP contribution in [0.5, 0.6) is 0 Å². The molecule has 1 aromatic carbocycles.